The number of ketones is 2. The molecule has 0 amide bonds. The molecule has 2 heteroatoms. The summed E-state index contributed by atoms with van der Waals surface area (Å²) in [5, 5.41) is 0. The monoisotopic (exact) mass is 174 g/mol. The molecule has 1 saturated carbocycles. The molecule has 0 saturated heterocycles. The second-order valence-corrected chi connectivity index (χ2v) is 3.51. The number of carbonyl (C=O) groups is 2. The third-order valence-corrected chi connectivity index (χ3v) is 2.79. The third kappa shape index (κ3) is 0.949. The summed E-state index contributed by atoms with van der Waals surface area (Å²) in [4.78, 5) is 22.7. The summed E-state index contributed by atoms with van der Waals surface area (Å²) in [6, 6.07) is 9.23. The molecule has 0 atom stereocenters. The molecule has 0 spiro atoms. The van der Waals surface area contributed by atoms with Gasteiger partial charge in [-0.05, 0) is 12.5 Å². The van der Waals surface area contributed by atoms with Gasteiger partial charge in [0.05, 0.1) is 6.42 Å². The molecular weight excluding hydrogens is 164 g/mol. The molecule has 2 rings (SSSR count). The number of Topliss-reactive ketones (excluding diaryl/α,β-unsaturated/α-hetero) is 2. The fourth-order valence-corrected chi connectivity index (χ4v) is 1.64. The first-order chi connectivity index (χ1) is 6.15. The molecule has 13 heavy (non-hydrogen) atoms. The Morgan fingerprint density at radius 3 is 2.08 bits per heavy atom. The van der Waals surface area contributed by atoms with Crippen LogP contribution in [0.4, 0.5) is 0 Å². The van der Waals surface area contributed by atoms with Gasteiger partial charge in [-0.1, -0.05) is 30.3 Å². The van der Waals surface area contributed by atoms with Crippen LogP contribution in [0.25, 0.3) is 0 Å². The van der Waals surface area contributed by atoms with Gasteiger partial charge in [0.2, 0.25) is 0 Å². The maximum atomic E-state index is 11.3. The Balaban J connectivity index is 2.46. The minimum absolute atomic E-state index is 0.0312. The van der Waals surface area contributed by atoms with Gasteiger partial charge in [0.1, 0.15) is 5.41 Å². The highest BCUT2D eigenvalue weighted by Crippen LogP contribution is 2.36. The van der Waals surface area contributed by atoms with Gasteiger partial charge in [0, 0.05) is 0 Å². The summed E-state index contributed by atoms with van der Waals surface area (Å²) in [6.45, 7) is 1.70. The van der Waals surface area contributed by atoms with Gasteiger partial charge in [-0.15, -0.1) is 0 Å². The van der Waals surface area contributed by atoms with Gasteiger partial charge in [-0.3, -0.25) is 9.59 Å². The standard InChI is InChI=1S/C11H10O2/c1-11(9(12)7-10(11)13)8-5-3-2-4-6-8/h2-6H,7H2,1H3. The van der Waals surface area contributed by atoms with Crippen LogP contribution in [0, 0.1) is 0 Å². The minimum atomic E-state index is -0.846. The molecular formula is C11H10O2. The van der Waals surface area contributed by atoms with E-state index in [1.807, 2.05) is 30.3 Å². The zero-order valence-electron chi connectivity index (χ0n) is 7.41. The number of rotatable bonds is 1. The van der Waals surface area contributed by atoms with E-state index >= 15 is 0 Å². The van der Waals surface area contributed by atoms with Crippen LogP contribution in [0.3, 0.4) is 0 Å². The van der Waals surface area contributed by atoms with Gasteiger partial charge < -0.3 is 0 Å². The van der Waals surface area contributed by atoms with Crippen molar-refractivity contribution < 1.29 is 9.59 Å². The number of hydrogen-bond donors (Lipinski definition) is 0. The third-order valence-electron chi connectivity index (χ3n) is 2.79. The molecule has 0 aliphatic heterocycles. The average Bonchev–Trinajstić information content (AvgIpc) is 2.18. The first kappa shape index (κ1) is 8.17. The largest absolute Gasteiger partial charge is 0.298 e. The topological polar surface area (TPSA) is 34.1 Å². The summed E-state index contributed by atoms with van der Waals surface area (Å²) < 4.78 is 0. The van der Waals surface area contributed by atoms with Gasteiger partial charge in [-0.2, -0.15) is 0 Å². The van der Waals surface area contributed by atoms with E-state index in [-0.39, 0.29) is 18.0 Å². The Labute approximate surface area is 76.6 Å². The van der Waals surface area contributed by atoms with Crippen LogP contribution >= 0.6 is 0 Å². The average molecular weight is 174 g/mol. The SMILES string of the molecule is CC1(c2ccccc2)C(=O)CC1=O. The van der Waals surface area contributed by atoms with Crippen LogP contribution in [0.2, 0.25) is 0 Å². The van der Waals surface area contributed by atoms with Crippen LogP contribution in [0.15, 0.2) is 30.3 Å². The molecule has 0 unspecified atom stereocenters. The van der Waals surface area contributed by atoms with Crippen molar-refractivity contribution in [2.24, 2.45) is 0 Å². The molecule has 0 N–H and O–H groups in total. The zero-order chi connectivity index (χ0) is 9.47. The van der Waals surface area contributed by atoms with Crippen molar-refractivity contribution in [3.63, 3.8) is 0 Å². The lowest BCUT2D eigenvalue weighted by Gasteiger charge is -2.34. The highest BCUT2D eigenvalue weighted by Gasteiger charge is 2.51. The van der Waals surface area contributed by atoms with E-state index < -0.39 is 5.41 Å². The molecule has 0 radical (unpaired) electrons. The van der Waals surface area contributed by atoms with E-state index in [2.05, 4.69) is 0 Å². The maximum Gasteiger partial charge on any atom is 0.157 e. The minimum Gasteiger partial charge on any atom is -0.298 e. The smallest absolute Gasteiger partial charge is 0.157 e. The predicted octanol–water partition coefficient (Wildman–Crippen LogP) is 1.49. The number of benzene rings is 1. The van der Waals surface area contributed by atoms with Crippen molar-refractivity contribution in [3.8, 4) is 0 Å². The van der Waals surface area contributed by atoms with Crippen molar-refractivity contribution in [1.82, 2.24) is 0 Å². The molecule has 1 aromatic rings. The van der Waals surface area contributed by atoms with Crippen molar-refractivity contribution in [1.29, 1.82) is 0 Å². The Hall–Kier alpha value is -1.44. The Morgan fingerprint density at radius 2 is 1.62 bits per heavy atom. The van der Waals surface area contributed by atoms with E-state index in [1.165, 1.54) is 0 Å². The molecule has 0 aromatic heterocycles. The van der Waals surface area contributed by atoms with E-state index in [1.54, 1.807) is 6.92 Å². The Kier molecular flexibility index (Phi) is 1.59. The fraction of sp³-hybridized carbons (Fsp3) is 0.273. The summed E-state index contributed by atoms with van der Waals surface area (Å²) >= 11 is 0. The van der Waals surface area contributed by atoms with E-state index in [0.717, 1.165) is 5.56 Å². The molecule has 1 aliphatic rings. The van der Waals surface area contributed by atoms with Gasteiger partial charge in [0.25, 0.3) is 0 Å². The van der Waals surface area contributed by atoms with Crippen molar-refractivity contribution in [2.75, 3.05) is 0 Å². The summed E-state index contributed by atoms with van der Waals surface area (Å²) in [6.07, 6.45) is 0.103. The molecule has 1 aliphatic carbocycles. The van der Waals surface area contributed by atoms with Crippen LogP contribution in [-0.4, -0.2) is 11.6 Å². The van der Waals surface area contributed by atoms with Crippen molar-refractivity contribution in [2.45, 2.75) is 18.8 Å². The molecule has 1 fully saturated rings. The lowest BCUT2D eigenvalue weighted by molar-refractivity contribution is -0.145. The summed E-state index contributed by atoms with van der Waals surface area (Å²) in [5.74, 6) is 0.0624. The van der Waals surface area contributed by atoms with Gasteiger partial charge in [-0.25, -0.2) is 0 Å². The van der Waals surface area contributed by atoms with Gasteiger partial charge >= 0.3 is 0 Å². The summed E-state index contributed by atoms with van der Waals surface area (Å²) in [7, 11) is 0. The first-order valence-electron chi connectivity index (χ1n) is 4.28. The molecule has 0 heterocycles. The highest BCUT2D eigenvalue weighted by atomic mass is 16.2. The zero-order valence-corrected chi connectivity index (χ0v) is 7.41. The number of hydrogen-bond acceptors (Lipinski definition) is 2. The Morgan fingerprint density at radius 1 is 1.08 bits per heavy atom. The van der Waals surface area contributed by atoms with Crippen molar-refractivity contribution >= 4 is 11.6 Å². The first-order valence-corrected chi connectivity index (χ1v) is 4.28. The van der Waals surface area contributed by atoms with Crippen LogP contribution < -0.4 is 0 Å². The van der Waals surface area contributed by atoms with E-state index in [9.17, 15) is 9.59 Å². The van der Waals surface area contributed by atoms with Crippen LogP contribution in [0.1, 0.15) is 18.9 Å². The van der Waals surface area contributed by atoms with Crippen LogP contribution in [-0.2, 0) is 15.0 Å². The summed E-state index contributed by atoms with van der Waals surface area (Å²) in [5.41, 5.74) is -0.0300. The lowest BCUT2D eigenvalue weighted by atomic mass is 9.64. The van der Waals surface area contributed by atoms with Crippen LogP contribution in [0.5, 0.6) is 0 Å². The molecule has 0 bridgehead atoms. The normalized spacial score (nSPS) is 19.8. The maximum absolute atomic E-state index is 11.3. The highest BCUT2D eigenvalue weighted by molar-refractivity contribution is 6.29. The molecule has 66 valence electrons. The predicted molar refractivity (Wildman–Crippen MR) is 48.4 cm³/mol. The fourth-order valence-electron chi connectivity index (χ4n) is 1.64. The second-order valence-electron chi connectivity index (χ2n) is 3.51. The molecule has 1 aromatic carbocycles. The lowest BCUT2D eigenvalue weighted by Crippen LogP contribution is -2.52. The van der Waals surface area contributed by atoms with Crippen molar-refractivity contribution in [3.05, 3.63) is 35.9 Å². The number of carbonyl (C=O) groups excluding carboxylic acids is 2. The van der Waals surface area contributed by atoms with Gasteiger partial charge in [0.15, 0.2) is 11.6 Å². The quantitative estimate of drug-likeness (QED) is 0.604. The van der Waals surface area contributed by atoms with E-state index in [0.29, 0.717) is 0 Å². The second kappa shape index (κ2) is 2.52. The molecule has 2 nitrogen and oxygen atoms in total. The Bertz CT molecular complexity index is 351. The van der Waals surface area contributed by atoms with E-state index in [4.69, 9.17) is 0 Å².